The SMILES string of the molecule is COc1cc(O)c2c3c1C[C@@H]1[C@@H]4CC[C@@H](N[C@@H](C)C(=O)O)[C@H](O2)[C@]34CCN1C. The zero-order chi connectivity index (χ0) is 19.8. The molecule has 0 amide bonds. The van der Waals surface area contributed by atoms with Crippen molar-refractivity contribution in [2.75, 3.05) is 20.7 Å². The van der Waals surface area contributed by atoms with Gasteiger partial charge in [0.15, 0.2) is 11.5 Å². The Bertz CT molecular complexity index is 843. The number of phenolic OH excluding ortho intramolecular Hbond substituents is 1. The summed E-state index contributed by atoms with van der Waals surface area (Å²) in [5.74, 6) is 1.03. The highest BCUT2D eigenvalue weighted by Gasteiger charge is 2.66. The summed E-state index contributed by atoms with van der Waals surface area (Å²) >= 11 is 0. The van der Waals surface area contributed by atoms with Crippen LogP contribution in [0, 0.1) is 5.92 Å². The van der Waals surface area contributed by atoms with E-state index in [0.29, 0.717) is 17.7 Å². The Morgan fingerprint density at radius 1 is 1.46 bits per heavy atom. The number of ether oxygens (including phenoxy) is 2. The van der Waals surface area contributed by atoms with Gasteiger partial charge < -0.3 is 24.6 Å². The Morgan fingerprint density at radius 2 is 2.25 bits per heavy atom. The van der Waals surface area contributed by atoms with Gasteiger partial charge in [-0.3, -0.25) is 10.1 Å². The maximum atomic E-state index is 11.4. The van der Waals surface area contributed by atoms with E-state index in [2.05, 4.69) is 17.3 Å². The second kappa shape index (κ2) is 6.00. The summed E-state index contributed by atoms with van der Waals surface area (Å²) in [6, 6.07) is 1.38. The summed E-state index contributed by atoms with van der Waals surface area (Å²) in [7, 11) is 3.84. The van der Waals surface area contributed by atoms with E-state index in [-0.39, 0.29) is 23.3 Å². The van der Waals surface area contributed by atoms with E-state index in [1.165, 1.54) is 0 Å². The molecule has 2 aliphatic heterocycles. The molecule has 7 heteroatoms. The first-order chi connectivity index (χ1) is 13.4. The minimum absolute atomic E-state index is 0.0600. The Labute approximate surface area is 164 Å². The second-order valence-electron chi connectivity index (χ2n) is 8.88. The first-order valence-electron chi connectivity index (χ1n) is 10.2. The molecule has 2 heterocycles. The molecule has 28 heavy (non-hydrogen) atoms. The topological polar surface area (TPSA) is 91.3 Å². The fraction of sp³-hybridized carbons (Fsp3) is 0.667. The van der Waals surface area contributed by atoms with Crippen molar-refractivity contribution < 1.29 is 24.5 Å². The number of carboxylic acids is 1. The van der Waals surface area contributed by atoms with Gasteiger partial charge in [-0.2, -0.15) is 0 Å². The van der Waals surface area contributed by atoms with Crippen molar-refractivity contribution >= 4 is 5.97 Å². The summed E-state index contributed by atoms with van der Waals surface area (Å²) in [5.41, 5.74) is 2.08. The van der Waals surface area contributed by atoms with Gasteiger partial charge >= 0.3 is 5.97 Å². The second-order valence-corrected chi connectivity index (χ2v) is 8.88. The first-order valence-corrected chi connectivity index (χ1v) is 10.2. The van der Waals surface area contributed by atoms with E-state index >= 15 is 0 Å². The van der Waals surface area contributed by atoms with Gasteiger partial charge in [0.05, 0.1) is 7.11 Å². The van der Waals surface area contributed by atoms with Crippen LogP contribution in [0.25, 0.3) is 0 Å². The molecular weight excluding hydrogens is 360 g/mol. The third kappa shape index (κ3) is 2.14. The van der Waals surface area contributed by atoms with E-state index in [0.717, 1.165) is 49.1 Å². The van der Waals surface area contributed by atoms with Crippen LogP contribution >= 0.6 is 0 Å². The van der Waals surface area contributed by atoms with Crippen LogP contribution in [0.15, 0.2) is 6.07 Å². The predicted molar refractivity (Wildman–Crippen MR) is 102 cm³/mol. The molecule has 1 aromatic rings. The van der Waals surface area contributed by atoms with Gasteiger partial charge in [-0.15, -0.1) is 0 Å². The molecule has 1 aromatic carbocycles. The van der Waals surface area contributed by atoms with Crippen molar-refractivity contribution in [3.05, 3.63) is 17.2 Å². The van der Waals surface area contributed by atoms with Crippen molar-refractivity contribution in [3.63, 3.8) is 0 Å². The summed E-state index contributed by atoms with van der Waals surface area (Å²) in [6.45, 7) is 2.65. The number of carbonyl (C=O) groups is 1. The maximum Gasteiger partial charge on any atom is 0.320 e. The molecule has 0 aromatic heterocycles. The van der Waals surface area contributed by atoms with Crippen LogP contribution in [0.1, 0.15) is 37.3 Å². The number of rotatable bonds is 4. The fourth-order valence-corrected chi connectivity index (χ4v) is 6.53. The number of piperidine rings is 1. The lowest BCUT2D eigenvalue weighted by Gasteiger charge is -2.59. The van der Waals surface area contributed by atoms with Crippen molar-refractivity contribution in [1.82, 2.24) is 10.2 Å². The molecular formula is C21H28N2O5. The average molecular weight is 388 g/mol. The Morgan fingerprint density at radius 3 is 2.96 bits per heavy atom. The van der Waals surface area contributed by atoms with Gasteiger partial charge in [-0.05, 0) is 52.1 Å². The average Bonchev–Trinajstić information content (AvgIpc) is 3.02. The summed E-state index contributed by atoms with van der Waals surface area (Å²) in [4.78, 5) is 13.9. The lowest BCUT2D eigenvalue weighted by Crippen LogP contribution is -2.68. The standard InChI is InChI=1S/C21H28N2O5/c1-10(20(25)26)22-13-5-4-12-14-8-11-16(27-3)9-15(24)18-17(11)21(12,19(13)28-18)6-7-23(14)2/h9-10,12-14,19,22,24H,4-8H2,1-3H3,(H,25,26)/t10-,12-,13+,14+,19-,21-/m0/s1. The van der Waals surface area contributed by atoms with Gasteiger partial charge in [0.2, 0.25) is 0 Å². The van der Waals surface area contributed by atoms with Crippen LogP contribution in [-0.2, 0) is 16.6 Å². The van der Waals surface area contributed by atoms with Gasteiger partial charge in [-0.25, -0.2) is 0 Å². The Kier molecular flexibility index (Phi) is 3.87. The molecule has 0 radical (unpaired) electrons. The molecule has 0 unspecified atom stereocenters. The highest BCUT2D eigenvalue weighted by atomic mass is 16.5. The molecule has 4 aliphatic rings. The number of nitrogens with one attached hydrogen (secondary N) is 1. The van der Waals surface area contributed by atoms with Crippen molar-refractivity contribution in [2.45, 2.75) is 62.3 Å². The first kappa shape index (κ1) is 18.1. The van der Waals surface area contributed by atoms with Crippen molar-refractivity contribution in [3.8, 4) is 17.2 Å². The largest absolute Gasteiger partial charge is 0.504 e. The molecule has 5 rings (SSSR count). The molecule has 152 valence electrons. The van der Waals surface area contributed by atoms with Crippen LogP contribution in [0.5, 0.6) is 17.2 Å². The molecule has 2 aliphatic carbocycles. The number of phenols is 1. The third-order valence-electron chi connectivity index (χ3n) is 7.74. The molecule has 3 N–H and O–H groups in total. The molecule has 7 nitrogen and oxygen atoms in total. The van der Waals surface area contributed by atoms with Crippen molar-refractivity contribution in [1.29, 1.82) is 0 Å². The van der Waals surface area contributed by atoms with Crippen LogP contribution in [0.3, 0.4) is 0 Å². The quantitative estimate of drug-likeness (QED) is 0.720. The van der Waals surface area contributed by atoms with E-state index in [4.69, 9.17) is 9.47 Å². The van der Waals surface area contributed by atoms with E-state index in [9.17, 15) is 15.0 Å². The predicted octanol–water partition coefficient (Wildman–Crippen LogP) is 1.50. The minimum atomic E-state index is -0.856. The normalized spacial score (nSPS) is 36.4. The van der Waals surface area contributed by atoms with Gasteiger partial charge in [0, 0.05) is 34.7 Å². The number of benzene rings is 1. The number of methoxy groups -OCH3 is 1. The molecule has 2 bridgehead atoms. The smallest absolute Gasteiger partial charge is 0.320 e. The maximum absolute atomic E-state index is 11.4. The molecule has 1 spiro atoms. The summed E-state index contributed by atoms with van der Waals surface area (Å²) in [6.07, 6.45) is 3.57. The van der Waals surface area contributed by atoms with Crippen LogP contribution in [0.2, 0.25) is 0 Å². The molecule has 6 atom stereocenters. The number of likely N-dealkylation sites (tertiary alicyclic amines) is 1. The van der Waals surface area contributed by atoms with Crippen molar-refractivity contribution in [2.24, 2.45) is 5.92 Å². The van der Waals surface area contributed by atoms with E-state index in [1.54, 1.807) is 20.1 Å². The molecule has 1 saturated carbocycles. The molecule has 1 saturated heterocycles. The van der Waals surface area contributed by atoms with Crippen LogP contribution in [0.4, 0.5) is 0 Å². The summed E-state index contributed by atoms with van der Waals surface area (Å²) < 4.78 is 12.1. The van der Waals surface area contributed by atoms with Gasteiger partial charge in [-0.1, -0.05) is 0 Å². The number of hydrogen-bond donors (Lipinski definition) is 3. The van der Waals surface area contributed by atoms with Gasteiger partial charge in [0.25, 0.3) is 0 Å². The number of likely N-dealkylation sites (N-methyl/N-ethyl adjacent to an activating group) is 1. The lowest BCUT2D eigenvalue weighted by molar-refractivity contribution is -0.140. The number of hydrogen-bond acceptors (Lipinski definition) is 6. The number of aliphatic carboxylic acids is 1. The Hall–Kier alpha value is -1.99. The monoisotopic (exact) mass is 388 g/mol. The van der Waals surface area contributed by atoms with E-state index in [1.807, 2.05) is 0 Å². The number of nitrogens with zero attached hydrogens (tertiary/aromatic N) is 1. The summed E-state index contributed by atoms with van der Waals surface area (Å²) in [5, 5.41) is 23.4. The third-order valence-corrected chi connectivity index (χ3v) is 7.74. The number of carboxylic acid groups (broad SMARTS) is 1. The zero-order valence-electron chi connectivity index (χ0n) is 16.6. The Balaban J connectivity index is 1.67. The lowest BCUT2D eigenvalue weighted by atomic mass is 9.51. The van der Waals surface area contributed by atoms with Crippen LogP contribution < -0.4 is 14.8 Å². The minimum Gasteiger partial charge on any atom is -0.504 e. The highest BCUT2D eigenvalue weighted by molar-refractivity contribution is 5.73. The highest BCUT2D eigenvalue weighted by Crippen LogP contribution is 2.65. The van der Waals surface area contributed by atoms with E-state index < -0.39 is 12.0 Å². The van der Waals surface area contributed by atoms with Gasteiger partial charge in [0.1, 0.15) is 17.9 Å². The van der Waals surface area contributed by atoms with Crippen LogP contribution in [-0.4, -0.2) is 66.0 Å². The fourth-order valence-electron chi connectivity index (χ4n) is 6.53. The zero-order valence-corrected chi connectivity index (χ0v) is 16.6. The molecule has 2 fully saturated rings. The number of aromatic hydroxyl groups is 1.